The summed E-state index contributed by atoms with van der Waals surface area (Å²) in [6, 6.07) is 12.1. The maximum Gasteiger partial charge on any atom is 0.325 e. The number of methoxy groups -OCH3 is 2. The van der Waals surface area contributed by atoms with Crippen LogP contribution in [0.1, 0.15) is 109 Å². The molecule has 2 aliphatic heterocycles. The van der Waals surface area contributed by atoms with Crippen molar-refractivity contribution in [2.75, 3.05) is 37.9 Å². The van der Waals surface area contributed by atoms with E-state index in [1.165, 1.54) is 14.2 Å². The fraction of sp³-hybridized carbons (Fsp3) is 0.500. The standard InChI is InChI=1S/C44H52Cl2N8O6/c1-42(2,40(57)59-4)50-28-13-8-20-54-34(28)23-31(51-54)38(55)48-29-11-6-9-26(35(29)45)27-10-7-12-30(36(27)46)49-39(56)37-47-32-24-53(21-14-33(32)52(37)3)22-19-43-15-17-44(25-43,18-16-43)41(58)60-5/h6-7,9-12,23,28,50H,8,13-22,24-25H2,1-5H3,(H,48,55)(H,49,56). The van der Waals surface area contributed by atoms with Gasteiger partial charge in [-0.3, -0.25) is 34.1 Å². The van der Waals surface area contributed by atoms with Gasteiger partial charge in [0, 0.05) is 49.9 Å². The van der Waals surface area contributed by atoms with Gasteiger partial charge in [0.2, 0.25) is 0 Å². The molecule has 0 spiro atoms. The number of nitrogens with zero attached hydrogens (tertiary/aromatic N) is 5. The van der Waals surface area contributed by atoms with Gasteiger partial charge in [-0.15, -0.1) is 0 Å². The Kier molecular flexibility index (Phi) is 11.4. The Labute approximate surface area is 359 Å². The summed E-state index contributed by atoms with van der Waals surface area (Å²) < 4.78 is 13.8. The van der Waals surface area contributed by atoms with E-state index in [2.05, 4.69) is 25.9 Å². The molecule has 1 atom stereocenters. The number of imidazole rings is 1. The van der Waals surface area contributed by atoms with Crippen molar-refractivity contribution in [3.63, 3.8) is 0 Å². The zero-order chi connectivity index (χ0) is 42.6. The molecular formula is C44H52Cl2N8O6. The van der Waals surface area contributed by atoms with Crippen LogP contribution < -0.4 is 16.0 Å². The SMILES string of the molecule is COC(=O)C12CCC(CCN3CCc4c(nc(C(=O)Nc5cccc(-c6cccc(NC(=O)c7cc8n(n7)CCCC8NC(C)(C)C(=O)OC)c6Cl)c5Cl)n4C)C3)(CC1)C2. The van der Waals surface area contributed by atoms with Crippen LogP contribution in [0.2, 0.25) is 10.0 Å². The Balaban J connectivity index is 0.929. The molecule has 2 bridgehead atoms. The largest absolute Gasteiger partial charge is 0.469 e. The topological polar surface area (TPSA) is 162 Å². The molecule has 0 radical (unpaired) electrons. The second kappa shape index (κ2) is 16.3. The summed E-state index contributed by atoms with van der Waals surface area (Å²) in [6.45, 7) is 6.63. The number of hydrogen-bond donors (Lipinski definition) is 3. The third-order valence-electron chi connectivity index (χ3n) is 13.4. The number of carbonyl (C=O) groups excluding carboxylic acids is 4. The monoisotopic (exact) mass is 858 g/mol. The van der Waals surface area contributed by atoms with Crippen LogP contribution in [0.5, 0.6) is 0 Å². The van der Waals surface area contributed by atoms with E-state index in [4.69, 9.17) is 37.7 Å². The van der Waals surface area contributed by atoms with Crippen molar-refractivity contribution in [2.45, 2.75) is 96.3 Å². The van der Waals surface area contributed by atoms with Crippen LogP contribution in [0.4, 0.5) is 11.4 Å². The summed E-state index contributed by atoms with van der Waals surface area (Å²) in [6.07, 6.45) is 8.32. The van der Waals surface area contributed by atoms with Crippen molar-refractivity contribution in [1.82, 2.24) is 29.5 Å². The summed E-state index contributed by atoms with van der Waals surface area (Å²) in [5.41, 5.74) is 3.83. The molecule has 2 aromatic heterocycles. The number of esters is 2. The van der Waals surface area contributed by atoms with Crippen LogP contribution in [0.25, 0.3) is 11.1 Å². The quantitative estimate of drug-likeness (QED) is 0.123. The van der Waals surface area contributed by atoms with E-state index in [0.29, 0.717) is 41.4 Å². The van der Waals surface area contributed by atoms with Gasteiger partial charge in [0.1, 0.15) is 5.54 Å². The lowest BCUT2D eigenvalue weighted by Crippen LogP contribution is -2.50. The normalized spacial score (nSPS) is 22.2. The van der Waals surface area contributed by atoms with E-state index in [1.54, 1.807) is 61.0 Å². The molecule has 2 fully saturated rings. The predicted molar refractivity (Wildman–Crippen MR) is 228 cm³/mol. The van der Waals surface area contributed by atoms with Crippen LogP contribution in [0, 0.1) is 10.8 Å². The molecule has 4 aliphatic rings. The first-order valence-electron chi connectivity index (χ1n) is 20.7. The molecule has 3 N–H and O–H groups in total. The van der Waals surface area contributed by atoms with Crippen LogP contribution in [-0.4, -0.2) is 80.8 Å². The molecule has 318 valence electrons. The highest BCUT2D eigenvalue weighted by atomic mass is 35.5. The summed E-state index contributed by atoms with van der Waals surface area (Å²) in [4.78, 5) is 59.5. The van der Waals surface area contributed by atoms with Gasteiger partial charge < -0.3 is 24.7 Å². The van der Waals surface area contributed by atoms with Crippen molar-refractivity contribution >= 4 is 58.3 Å². The second-order valence-electron chi connectivity index (χ2n) is 17.5. The van der Waals surface area contributed by atoms with Gasteiger partial charge in [0.25, 0.3) is 11.8 Å². The number of aromatic nitrogens is 4. The Morgan fingerprint density at radius 1 is 0.917 bits per heavy atom. The number of fused-ring (bicyclic) bond motifs is 4. The van der Waals surface area contributed by atoms with Crippen LogP contribution in [0.3, 0.4) is 0 Å². The maximum absolute atomic E-state index is 13.8. The highest BCUT2D eigenvalue weighted by Gasteiger charge is 2.58. The Morgan fingerprint density at radius 2 is 1.58 bits per heavy atom. The molecule has 4 aromatic rings. The average Bonchev–Trinajstić information content (AvgIpc) is 4.03. The lowest BCUT2D eigenvalue weighted by atomic mass is 9.80. The molecule has 1 unspecified atom stereocenters. The van der Waals surface area contributed by atoms with Crippen LogP contribution in [0.15, 0.2) is 42.5 Å². The lowest BCUT2D eigenvalue weighted by Gasteiger charge is -2.32. The molecular weight excluding hydrogens is 807 g/mol. The van der Waals surface area contributed by atoms with Gasteiger partial charge >= 0.3 is 11.9 Å². The Morgan fingerprint density at radius 3 is 2.23 bits per heavy atom. The average molecular weight is 860 g/mol. The van der Waals surface area contributed by atoms with Gasteiger partial charge in [0.05, 0.1) is 58.5 Å². The zero-order valence-electron chi connectivity index (χ0n) is 34.8. The van der Waals surface area contributed by atoms with Crippen molar-refractivity contribution in [2.24, 2.45) is 17.9 Å². The number of carbonyl (C=O) groups is 4. The van der Waals surface area contributed by atoms with Gasteiger partial charge in [-0.2, -0.15) is 5.10 Å². The van der Waals surface area contributed by atoms with E-state index >= 15 is 0 Å². The number of anilines is 2. The number of nitrogens with one attached hydrogen (secondary N) is 3. The molecule has 2 aromatic carbocycles. The summed E-state index contributed by atoms with van der Waals surface area (Å²) in [5.74, 6) is -0.950. The molecule has 2 amide bonds. The third kappa shape index (κ3) is 7.71. The fourth-order valence-electron chi connectivity index (χ4n) is 10.1. The molecule has 8 rings (SSSR count). The van der Waals surface area contributed by atoms with E-state index < -0.39 is 11.4 Å². The number of amides is 2. The molecule has 60 heavy (non-hydrogen) atoms. The number of benzene rings is 2. The van der Waals surface area contributed by atoms with Crippen molar-refractivity contribution in [1.29, 1.82) is 0 Å². The summed E-state index contributed by atoms with van der Waals surface area (Å²) in [7, 11) is 4.72. The number of aryl methyl sites for hydroxylation is 1. The van der Waals surface area contributed by atoms with Gasteiger partial charge in [-0.05, 0) is 95.4 Å². The molecule has 0 saturated heterocycles. The maximum atomic E-state index is 13.8. The third-order valence-corrected chi connectivity index (χ3v) is 14.2. The van der Waals surface area contributed by atoms with Crippen LogP contribution >= 0.6 is 23.2 Å². The minimum Gasteiger partial charge on any atom is -0.469 e. The minimum atomic E-state index is -0.931. The van der Waals surface area contributed by atoms with Crippen molar-refractivity contribution in [3.8, 4) is 11.1 Å². The molecule has 4 heterocycles. The number of hydrogen-bond acceptors (Lipinski definition) is 10. The predicted octanol–water partition coefficient (Wildman–Crippen LogP) is 7.34. The first-order chi connectivity index (χ1) is 28.7. The summed E-state index contributed by atoms with van der Waals surface area (Å²) in [5, 5.41) is 14.4. The second-order valence-corrected chi connectivity index (χ2v) is 18.2. The highest BCUT2D eigenvalue weighted by molar-refractivity contribution is 6.40. The molecule has 2 saturated carbocycles. The van der Waals surface area contributed by atoms with Gasteiger partial charge in [0.15, 0.2) is 11.5 Å². The smallest absolute Gasteiger partial charge is 0.325 e. The number of halogens is 2. The van der Waals surface area contributed by atoms with Crippen LogP contribution in [-0.2, 0) is 45.6 Å². The molecule has 2 aliphatic carbocycles. The first kappa shape index (κ1) is 42.0. The lowest BCUT2D eigenvalue weighted by molar-refractivity contribution is -0.152. The number of ether oxygens (including phenoxy) is 2. The zero-order valence-corrected chi connectivity index (χ0v) is 36.3. The minimum absolute atomic E-state index is 0.0476. The first-order valence-corrected chi connectivity index (χ1v) is 21.4. The van der Waals surface area contributed by atoms with E-state index in [-0.39, 0.29) is 50.5 Å². The Bertz CT molecular complexity index is 2360. The highest BCUT2D eigenvalue weighted by Crippen LogP contribution is 2.63. The van der Waals surface area contributed by atoms with E-state index in [1.807, 2.05) is 11.6 Å². The van der Waals surface area contributed by atoms with Gasteiger partial charge in [-0.1, -0.05) is 47.5 Å². The Hall–Kier alpha value is -4.76. The van der Waals surface area contributed by atoms with Crippen molar-refractivity contribution < 1.29 is 28.7 Å². The number of rotatable bonds is 12. The van der Waals surface area contributed by atoms with Gasteiger partial charge in [-0.25, -0.2) is 4.98 Å². The van der Waals surface area contributed by atoms with E-state index in [0.717, 1.165) is 88.0 Å². The summed E-state index contributed by atoms with van der Waals surface area (Å²) >= 11 is 13.9. The van der Waals surface area contributed by atoms with Crippen molar-refractivity contribution in [3.05, 3.63) is 81.1 Å². The van der Waals surface area contributed by atoms with E-state index in [9.17, 15) is 19.2 Å². The molecule has 16 heteroatoms. The fourth-order valence-corrected chi connectivity index (χ4v) is 10.6. The molecule has 14 nitrogen and oxygen atoms in total.